The van der Waals surface area contributed by atoms with Gasteiger partial charge in [-0.15, -0.1) is 0 Å². The van der Waals surface area contributed by atoms with Crippen LogP contribution in [-0.2, 0) is 0 Å². The van der Waals surface area contributed by atoms with E-state index in [9.17, 15) is 4.79 Å². The van der Waals surface area contributed by atoms with E-state index in [0.29, 0.717) is 11.7 Å². The summed E-state index contributed by atoms with van der Waals surface area (Å²) in [4.78, 5) is 23.2. The van der Waals surface area contributed by atoms with Crippen LogP contribution in [0.3, 0.4) is 0 Å². The highest BCUT2D eigenvalue weighted by molar-refractivity contribution is 7.22. The molecule has 7 heteroatoms. The molecule has 0 fully saturated rings. The van der Waals surface area contributed by atoms with Crippen molar-refractivity contribution in [2.45, 2.75) is 6.92 Å². The van der Waals surface area contributed by atoms with Gasteiger partial charge < -0.3 is 10.3 Å². The van der Waals surface area contributed by atoms with Gasteiger partial charge >= 0.3 is 6.03 Å². The lowest BCUT2D eigenvalue weighted by atomic mass is 10.1. The standard InChI is InChI=1S/C15H15N5OS/c1-3-16-14(21)20-15-19-11-5-4-10(8-12(11)22-15)9(2)13-17-6-7-18-13/h4-8H,2-3H2,1H3,(H,17,18)(H2,16,19,20,21). The average Bonchev–Trinajstić information content (AvgIpc) is 3.14. The fourth-order valence-corrected chi connectivity index (χ4v) is 2.93. The number of thiazole rings is 1. The number of nitrogens with one attached hydrogen (secondary N) is 3. The minimum absolute atomic E-state index is 0.248. The summed E-state index contributed by atoms with van der Waals surface area (Å²) in [6.07, 6.45) is 3.46. The Bertz CT molecular complexity index is 822. The number of H-pyrrole nitrogens is 1. The number of nitrogens with zero attached hydrogens (tertiary/aromatic N) is 2. The van der Waals surface area contributed by atoms with Gasteiger partial charge in [0.05, 0.1) is 10.2 Å². The first-order chi connectivity index (χ1) is 10.7. The van der Waals surface area contributed by atoms with E-state index < -0.39 is 0 Å². The van der Waals surface area contributed by atoms with Crippen molar-refractivity contribution in [1.82, 2.24) is 20.3 Å². The number of hydrogen-bond donors (Lipinski definition) is 3. The molecule has 3 aromatic rings. The molecule has 2 heterocycles. The summed E-state index contributed by atoms with van der Waals surface area (Å²) in [5.74, 6) is 0.740. The summed E-state index contributed by atoms with van der Waals surface area (Å²) in [7, 11) is 0. The summed E-state index contributed by atoms with van der Waals surface area (Å²) >= 11 is 1.43. The van der Waals surface area contributed by atoms with Gasteiger partial charge in [0.1, 0.15) is 5.82 Å². The molecule has 0 saturated heterocycles. The van der Waals surface area contributed by atoms with Crippen LogP contribution in [0.2, 0.25) is 0 Å². The van der Waals surface area contributed by atoms with Crippen LogP contribution in [0.15, 0.2) is 37.2 Å². The first-order valence-corrected chi connectivity index (χ1v) is 7.63. The molecular weight excluding hydrogens is 298 g/mol. The number of carbonyl (C=O) groups excluding carboxylic acids is 1. The number of anilines is 1. The number of amides is 2. The van der Waals surface area contributed by atoms with Crippen molar-refractivity contribution < 1.29 is 4.79 Å². The number of imidazole rings is 1. The predicted octanol–water partition coefficient (Wildman–Crippen LogP) is 3.22. The minimum Gasteiger partial charge on any atom is -0.345 e. The fourth-order valence-electron chi connectivity index (χ4n) is 2.03. The van der Waals surface area contributed by atoms with Crippen LogP contribution < -0.4 is 10.6 Å². The molecule has 3 rings (SSSR count). The molecule has 22 heavy (non-hydrogen) atoms. The van der Waals surface area contributed by atoms with Crippen molar-refractivity contribution in [3.05, 3.63) is 48.6 Å². The predicted molar refractivity (Wildman–Crippen MR) is 89.0 cm³/mol. The van der Waals surface area contributed by atoms with Crippen LogP contribution in [-0.4, -0.2) is 27.5 Å². The SMILES string of the molecule is C=C(c1ccc2nc(NC(=O)NCC)sc2c1)c1ncc[nH]1. The van der Waals surface area contributed by atoms with Gasteiger partial charge in [-0.2, -0.15) is 0 Å². The lowest BCUT2D eigenvalue weighted by Gasteiger charge is -2.02. The molecule has 1 aromatic carbocycles. The van der Waals surface area contributed by atoms with E-state index in [1.807, 2.05) is 25.1 Å². The molecule has 3 N–H and O–H groups in total. The summed E-state index contributed by atoms with van der Waals surface area (Å²) in [6, 6.07) is 5.61. The molecule has 0 spiro atoms. The van der Waals surface area contributed by atoms with Crippen molar-refractivity contribution in [2.75, 3.05) is 11.9 Å². The molecular formula is C15H15N5OS. The van der Waals surface area contributed by atoms with Crippen molar-refractivity contribution >= 4 is 38.3 Å². The molecule has 0 bridgehead atoms. The molecule has 0 aliphatic heterocycles. The third-order valence-electron chi connectivity index (χ3n) is 3.08. The molecule has 0 aliphatic carbocycles. The Hall–Kier alpha value is -2.67. The Morgan fingerprint density at radius 1 is 1.45 bits per heavy atom. The molecule has 0 aliphatic rings. The number of aromatic nitrogens is 3. The Morgan fingerprint density at radius 2 is 2.32 bits per heavy atom. The lowest BCUT2D eigenvalue weighted by molar-refractivity contribution is 0.252. The number of fused-ring (bicyclic) bond motifs is 1. The highest BCUT2D eigenvalue weighted by atomic mass is 32.1. The number of aromatic amines is 1. The number of hydrogen-bond acceptors (Lipinski definition) is 4. The minimum atomic E-state index is -0.248. The average molecular weight is 313 g/mol. The van der Waals surface area contributed by atoms with Crippen molar-refractivity contribution in [3.63, 3.8) is 0 Å². The second kappa shape index (κ2) is 5.98. The third-order valence-corrected chi connectivity index (χ3v) is 4.01. The third kappa shape index (κ3) is 2.84. The molecule has 0 radical (unpaired) electrons. The molecule has 0 atom stereocenters. The van der Waals surface area contributed by atoms with Crippen molar-refractivity contribution in [2.24, 2.45) is 0 Å². The second-order valence-corrected chi connectivity index (χ2v) is 5.63. The molecule has 2 aromatic heterocycles. The van der Waals surface area contributed by atoms with E-state index in [-0.39, 0.29) is 6.03 Å². The van der Waals surface area contributed by atoms with Gasteiger partial charge in [-0.1, -0.05) is 24.0 Å². The maximum Gasteiger partial charge on any atom is 0.321 e. The summed E-state index contributed by atoms with van der Waals surface area (Å²) in [6.45, 7) is 6.50. The van der Waals surface area contributed by atoms with Crippen LogP contribution in [0.1, 0.15) is 18.3 Å². The number of benzene rings is 1. The Balaban J connectivity index is 1.87. The summed E-state index contributed by atoms with van der Waals surface area (Å²) < 4.78 is 0.983. The van der Waals surface area contributed by atoms with Crippen LogP contribution in [0.25, 0.3) is 15.8 Å². The van der Waals surface area contributed by atoms with Crippen LogP contribution in [0.4, 0.5) is 9.93 Å². The van der Waals surface area contributed by atoms with Crippen LogP contribution in [0.5, 0.6) is 0 Å². The monoisotopic (exact) mass is 313 g/mol. The zero-order valence-electron chi connectivity index (χ0n) is 12.0. The largest absolute Gasteiger partial charge is 0.345 e. The molecule has 0 unspecified atom stereocenters. The summed E-state index contributed by atoms with van der Waals surface area (Å²) in [5, 5.41) is 5.97. The molecule has 112 valence electrons. The van der Waals surface area contributed by atoms with Gasteiger partial charge in [-0.3, -0.25) is 5.32 Å². The lowest BCUT2D eigenvalue weighted by Crippen LogP contribution is -2.28. The quantitative estimate of drug-likeness (QED) is 0.691. The maximum absolute atomic E-state index is 11.5. The number of rotatable bonds is 4. The highest BCUT2D eigenvalue weighted by Gasteiger charge is 2.10. The zero-order valence-corrected chi connectivity index (χ0v) is 12.8. The molecule has 0 saturated carbocycles. The van der Waals surface area contributed by atoms with Crippen LogP contribution >= 0.6 is 11.3 Å². The van der Waals surface area contributed by atoms with Crippen LogP contribution in [0, 0.1) is 0 Å². The van der Waals surface area contributed by atoms with Gasteiger partial charge in [0.15, 0.2) is 5.13 Å². The zero-order chi connectivity index (χ0) is 15.5. The second-order valence-electron chi connectivity index (χ2n) is 4.60. The van der Waals surface area contributed by atoms with E-state index >= 15 is 0 Å². The molecule has 6 nitrogen and oxygen atoms in total. The van der Waals surface area contributed by atoms with Gasteiger partial charge in [-0.05, 0) is 24.6 Å². The maximum atomic E-state index is 11.5. The first-order valence-electron chi connectivity index (χ1n) is 6.82. The number of carbonyl (C=O) groups is 1. The normalized spacial score (nSPS) is 10.6. The topological polar surface area (TPSA) is 82.7 Å². The van der Waals surface area contributed by atoms with Gasteiger partial charge in [0.2, 0.25) is 0 Å². The van der Waals surface area contributed by atoms with E-state index in [0.717, 1.165) is 27.2 Å². The highest BCUT2D eigenvalue weighted by Crippen LogP contribution is 2.29. The van der Waals surface area contributed by atoms with Gasteiger partial charge in [0.25, 0.3) is 0 Å². The van der Waals surface area contributed by atoms with Gasteiger partial charge in [-0.25, -0.2) is 14.8 Å². The van der Waals surface area contributed by atoms with Crippen molar-refractivity contribution in [3.8, 4) is 0 Å². The van der Waals surface area contributed by atoms with E-state index in [1.54, 1.807) is 12.4 Å². The number of urea groups is 1. The Labute approximate surface area is 131 Å². The Kier molecular flexibility index (Phi) is 3.88. The first kappa shape index (κ1) is 14.3. The molecule has 2 amide bonds. The van der Waals surface area contributed by atoms with E-state index in [2.05, 4.69) is 32.2 Å². The fraction of sp³-hybridized carbons (Fsp3) is 0.133. The van der Waals surface area contributed by atoms with Crippen molar-refractivity contribution in [1.29, 1.82) is 0 Å². The smallest absolute Gasteiger partial charge is 0.321 e. The van der Waals surface area contributed by atoms with Gasteiger partial charge in [0, 0.05) is 24.5 Å². The van der Waals surface area contributed by atoms with E-state index in [1.165, 1.54) is 11.3 Å². The summed E-state index contributed by atoms with van der Waals surface area (Å²) in [5.41, 5.74) is 2.63. The van der Waals surface area contributed by atoms with E-state index in [4.69, 9.17) is 0 Å². The Morgan fingerprint density at radius 3 is 3.05 bits per heavy atom.